The second-order valence-electron chi connectivity index (χ2n) is 13.3. The van der Waals surface area contributed by atoms with Gasteiger partial charge in [0.05, 0.1) is 70.9 Å². The number of carbonyl (C=O) groups is 8. The number of rotatable bonds is 11. The Morgan fingerprint density at radius 2 is 0.895 bits per heavy atom. The summed E-state index contributed by atoms with van der Waals surface area (Å²) in [6.07, 6.45) is 2.86. The van der Waals surface area contributed by atoms with Gasteiger partial charge in [-0.3, -0.25) is 48.6 Å². The number of fused-ring (bicyclic) bond motifs is 4. The number of imide groups is 4. The predicted molar refractivity (Wildman–Crippen MR) is 196 cm³/mol. The van der Waals surface area contributed by atoms with Crippen molar-refractivity contribution in [3.8, 4) is 22.3 Å². The van der Waals surface area contributed by atoms with Crippen molar-refractivity contribution in [2.75, 3.05) is 38.0 Å². The first-order valence-corrected chi connectivity index (χ1v) is 17.6. The van der Waals surface area contributed by atoms with E-state index in [1.165, 1.54) is 30.6 Å². The molecular weight excluding hydrogens is 736 g/mol. The number of ether oxygens (including phenoxy) is 2. The number of benzene rings is 4. The number of hydrogen-bond acceptors (Lipinski definition) is 12. The summed E-state index contributed by atoms with van der Waals surface area (Å²) in [6.45, 7) is -0.326. The first kappa shape index (κ1) is 35.2. The Morgan fingerprint density at radius 1 is 0.456 bits per heavy atom. The van der Waals surface area contributed by atoms with Gasteiger partial charge in [0.1, 0.15) is 6.73 Å². The molecule has 280 valence electrons. The second kappa shape index (κ2) is 13.6. The number of anilines is 1. The van der Waals surface area contributed by atoms with Crippen LogP contribution in [0.5, 0.6) is 0 Å². The molecule has 57 heavy (non-hydrogen) atoms. The van der Waals surface area contributed by atoms with E-state index in [0.29, 0.717) is 22.3 Å². The van der Waals surface area contributed by atoms with Gasteiger partial charge < -0.3 is 9.47 Å². The largest absolute Gasteiger partial charge is 0.377 e. The molecule has 5 aromatic rings. The summed E-state index contributed by atoms with van der Waals surface area (Å²) in [5, 5.41) is 2.24. The van der Waals surface area contributed by atoms with Crippen LogP contribution in [0.15, 0.2) is 91.3 Å². The average Bonchev–Trinajstić information content (AvgIpc) is 3.84. The minimum Gasteiger partial charge on any atom is -0.377 e. The van der Waals surface area contributed by atoms with Gasteiger partial charge in [-0.1, -0.05) is 24.3 Å². The number of nitrogens with zero attached hydrogens (tertiary/aromatic N) is 5. The van der Waals surface area contributed by atoms with Gasteiger partial charge in [-0.05, 0) is 76.9 Å². The zero-order valence-electron chi connectivity index (χ0n) is 29.5. The average molecular weight is 763 g/mol. The standard InChI is InChI=1S/C41H26N6O10/c48-33-25-6-2-21(16-29(25)34(49)44-33)22-4-8-27-31(18-22)38(53)46(36(27)51)20-57-15-14-56-13-12-45-35(50)26-7-3-23(17-30(26)37(45)52)24-5-9-28-32(19-24)40(55)47(39(28)54)41-42-10-1-11-43-41/h1-11,16-19H,12-15,20H2,(H,44,48,49). The molecule has 0 bridgehead atoms. The highest BCUT2D eigenvalue weighted by Gasteiger charge is 2.40. The highest BCUT2D eigenvalue weighted by molar-refractivity contribution is 6.34. The molecule has 1 aromatic heterocycles. The maximum atomic E-state index is 13.3. The van der Waals surface area contributed by atoms with Crippen molar-refractivity contribution in [1.29, 1.82) is 0 Å². The zero-order chi connectivity index (χ0) is 39.5. The van der Waals surface area contributed by atoms with Crippen LogP contribution in [-0.4, -0.2) is 100 Å². The van der Waals surface area contributed by atoms with Crippen LogP contribution >= 0.6 is 0 Å². The van der Waals surface area contributed by atoms with Crippen LogP contribution in [0.1, 0.15) is 82.9 Å². The Kier molecular flexibility index (Phi) is 8.41. The monoisotopic (exact) mass is 762 g/mol. The summed E-state index contributed by atoms with van der Waals surface area (Å²) in [4.78, 5) is 114. The van der Waals surface area contributed by atoms with E-state index in [-0.39, 0.29) is 83.6 Å². The third kappa shape index (κ3) is 5.78. The van der Waals surface area contributed by atoms with Gasteiger partial charge in [-0.2, -0.15) is 0 Å². The molecule has 0 aliphatic carbocycles. The van der Waals surface area contributed by atoms with Crippen molar-refractivity contribution in [3.63, 3.8) is 0 Å². The topological polar surface area (TPSA) is 203 Å². The van der Waals surface area contributed by atoms with E-state index in [0.717, 1.165) is 14.7 Å². The molecule has 0 unspecified atom stereocenters. The number of carbonyl (C=O) groups excluding carboxylic acids is 8. The Hall–Kier alpha value is -7.56. The number of nitrogens with one attached hydrogen (secondary N) is 1. The molecule has 4 aliphatic rings. The Morgan fingerprint density at radius 3 is 1.51 bits per heavy atom. The fourth-order valence-corrected chi connectivity index (χ4v) is 7.15. The van der Waals surface area contributed by atoms with Crippen molar-refractivity contribution in [2.24, 2.45) is 0 Å². The second-order valence-corrected chi connectivity index (χ2v) is 13.3. The van der Waals surface area contributed by atoms with Gasteiger partial charge in [-0.15, -0.1) is 0 Å². The summed E-state index contributed by atoms with van der Waals surface area (Å²) in [7, 11) is 0. The predicted octanol–water partition coefficient (Wildman–Crippen LogP) is 3.38. The van der Waals surface area contributed by atoms with Crippen LogP contribution in [0.4, 0.5) is 5.95 Å². The molecule has 0 saturated carbocycles. The molecule has 0 atom stereocenters. The van der Waals surface area contributed by atoms with E-state index in [2.05, 4.69) is 15.3 Å². The van der Waals surface area contributed by atoms with Gasteiger partial charge >= 0.3 is 0 Å². The normalized spacial score (nSPS) is 15.5. The van der Waals surface area contributed by atoms with E-state index < -0.39 is 47.3 Å². The maximum absolute atomic E-state index is 13.3. The molecule has 9 rings (SSSR count). The number of hydrogen-bond donors (Lipinski definition) is 1. The van der Waals surface area contributed by atoms with Gasteiger partial charge in [0.15, 0.2) is 0 Å². The summed E-state index contributed by atoms with van der Waals surface area (Å²) >= 11 is 0. The molecule has 0 radical (unpaired) electrons. The van der Waals surface area contributed by atoms with Crippen molar-refractivity contribution >= 4 is 53.2 Å². The quantitative estimate of drug-likeness (QED) is 0.152. The highest BCUT2D eigenvalue weighted by Crippen LogP contribution is 2.34. The van der Waals surface area contributed by atoms with Gasteiger partial charge in [-0.25, -0.2) is 19.8 Å². The minimum atomic E-state index is -0.572. The molecule has 5 heterocycles. The van der Waals surface area contributed by atoms with Gasteiger partial charge in [0.25, 0.3) is 47.3 Å². The molecular formula is C41H26N6O10. The van der Waals surface area contributed by atoms with Crippen LogP contribution in [0.2, 0.25) is 0 Å². The molecule has 0 spiro atoms. The fourth-order valence-electron chi connectivity index (χ4n) is 7.15. The summed E-state index contributed by atoms with van der Waals surface area (Å²) in [6, 6.07) is 20.6. The van der Waals surface area contributed by atoms with Gasteiger partial charge in [0, 0.05) is 12.4 Å². The lowest BCUT2D eigenvalue weighted by atomic mass is 9.97. The molecule has 0 saturated heterocycles. The molecule has 1 N–H and O–H groups in total. The lowest BCUT2D eigenvalue weighted by molar-refractivity contribution is 0.00109. The summed E-state index contributed by atoms with van der Waals surface area (Å²) in [5.74, 6) is -4.20. The Labute approximate surface area is 321 Å². The van der Waals surface area contributed by atoms with Crippen molar-refractivity contribution in [3.05, 3.63) is 136 Å². The van der Waals surface area contributed by atoms with E-state index >= 15 is 0 Å². The Balaban J connectivity index is 0.769. The highest BCUT2D eigenvalue weighted by atomic mass is 16.5. The molecule has 4 aromatic carbocycles. The summed E-state index contributed by atoms with van der Waals surface area (Å²) in [5.41, 5.74) is 3.96. The third-order valence-electron chi connectivity index (χ3n) is 10.0. The van der Waals surface area contributed by atoms with E-state index in [1.54, 1.807) is 60.7 Å². The van der Waals surface area contributed by atoms with Crippen molar-refractivity contribution in [2.45, 2.75) is 0 Å². The lowest BCUT2D eigenvalue weighted by Gasteiger charge is -2.15. The first-order chi connectivity index (χ1) is 27.6. The van der Waals surface area contributed by atoms with Crippen molar-refractivity contribution < 1.29 is 47.8 Å². The molecule has 16 nitrogen and oxygen atoms in total. The van der Waals surface area contributed by atoms with Crippen LogP contribution in [-0.2, 0) is 9.47 Å². The number of amides is 8. The summed E-state index contributed by atoms with van der Waals surface area (Å²) < 4.78 is 11.1. The zero-order valence-corrected chi connectivity index (χ0v) is 29.5. The molecule has 16 heteroatoms. The van der Waals surface area contributed by atoms with E-state index in [4.69, 9.17) is 9.47 Å². The molecule has 4 aliphatic heterocycles. The first-order valence-electron chi connectivity index (χ1n) is 17.6. The molecule has 0 fully saturated rings. The van der Waals surface area contributed by atoms with Crippen LogP contribution in [0.25, 0.3) is 22.3 Å². The van der Waals surface area contributed by atoms with Crippen molar-refractivity contribution in [1.82, 2.24) is 25.1 Å². The Bertz CT molecular complexity index is 2680. The van der Waals surface area contributed by atoms with Crippen LogP contribution in [0, 0.1) is 0 Å². The van der Waals surface area contributed by atoms with Crippen LogP contribution < -0.4 is 10.2 Å². The lowest BCUT2D eigenvalue weighted by Crippen LogP contribution is -2.34. The maximum Gasteiger partial charge on any atom is 0.268 e. The number of aromatic nitrogens is 2. The smallest absolute Gasteiger partial charge is 0.268 e. The van der Waals surface area contributed by atoms with Crippen LogP contribution in [0.3, 0.4) is 0 Å². The van der Waals surface area contributed by atoms with Gasteiger partial charge in [0.2, 0.25) is 5.95 Å². The molecule has 8 amide bonds. The SMILES string of the molecule is O=C1NC(=O)c2cc(-c3ccc4c(c3)C(=O)N(COCCOCCN3C(=O)c5ccc(-c6ccc7c(c6)C(=O)N(c6ncccn6)C7=O)cc5C3=O)C4=O)ccc21. The van der Waals surface area contributed by atoms with E-state index in [9.17, 15) is 38.4 Å². The minimum absolute atomic E-state index is 0.00141. The van der Waals surface area contributed by atoms with E-state index in [1.807, 2.05) is 0 Å². The fraction of sp³-hybridized carbons (Fsp3) is 0.122. The third-order valence-corrected chi connectivity index (χ3v) is 10.0.